The highest BCUT2D eigenvalue weighted by atomic mass is 19.1. The van der Waals surface area contributed by atoms with Crippen LogP contribution in [0.1, 0.15) is 0 Å². The Hall–Kier alpha value is -4.37. The highest BCUT2D eigenvalue weighted by Gasteiger charge is 2.12. The van der Waals surface area contributed by atoms with Gasteiger partial charge in [0.05, 0.1) is 0 Å². The molecule has 1 aromatic heterocycles. The summed E-state index contributed by atoms with van der Waals surface area (Å²) < 4.78 is 13.8. The maximum Gasteiger partial charge on any atom is 0.123 e. The van der Waals surface area contributed by atoms with Crippen molar-refractivity contribution in [2.45, 2.75) is 0 Å². The average Bonchev–Trinajstić information content (AvgIpc) is 3.23. The fraction of sp³-hybridized carbons (Fsp3) is 0. The number of aromatic amines is 1. The van der Waals surface area contributed by atoms with Gasteiger partial charge in [0.15, 0.2) is 0 Å². The van der Waals surface area contributed by atoms with Gasteiger partial charge in [-0.3, -0.25) is 0 Å². The molecule has 5 aromatic carbocycles. The van der Waals surface area contributed by atoms with Crippen LogP contribution in [0.5, 0.6) is 0 Å². The lowest BCUT2D eigenvalue weighted by Crippen LogP contribution is -2.09. The summed E-state index contributed by atoms with van der Waals surface area (Å²) in [4.78, 5) is 5.62. The van der Waals surface area contributed by atoms with E-state index in [-0.39, 0.29) is 5.82 Å². The number of aromatic nitrogens is 1. The maximum absolute atomic E-state index is 13.8. The Labute approximate surface area is 191 Å². The normalized spacial score (nSPS) is 11.2. The molecule has 0 amide bonds. The molecule has 6 aromatic rings. The van der Waals surface area contributed by atoms with E-state index in [9.17, 15) is 4.39 Å². The van der Waals surface area contributed by atoms with Crippen molar-refractivity contribution in [3.63, 3.8) is 0 Å². The summed E-state index contributed by atoms with van der Waals surface area (Å²) in [6.45, 7) is 0. The monoisotopic (exact) mass is 428 g/mol. The molecule has 1 N–H and O–H groups in total. The Bertz CT molecular complexity index is 1510. The zero-order chi connectivity index (χ0) is 22.2. The van der Waals surface area contributed by atoms with Crippen molar-refractivity contribution in [3.05, 3.63) is 127 Å². The summed E-state index contributed by atoms with van der Waals surface area (Å²) in [5.41, 5.74) is 7.48. The summed E-state index contributed by atoms with van der Waals surface area (Å²) in [6.07, 6.45) is 0. The second kappa shape index (κ2) is 7.95. The van der Waals surface area contributed by atoms with E-state index < -0.39 is 0 Å². The van der Waals surface area contributed by atoms with Gasteiger partial charge in [-0.05, 0) is 77.9 Å². The van der Waals surface area contributed by atoms with E-state index in [1.165, 1.54) is 6.07 Å². The fourth-order valence-corrected chi connectivity index (χ4v) is 4.45. The molecular weight excluding hydrogens is 407 g/mol. The number of anilines is 3. The lowest BCUT2D eigenvalue weighted by molar-refractivity contribution is 0.630. The number of para-hydroxylation sites is 2. The minimum atomic E-state index is -0.222. The first kappa shape index (κ1) is 19.3. The standard InChI is InChI=1S/C30H21FN2/c31-23-14-18-30-28(20-23)27-19-22(13-17-29(27)32-30)21-11-15-26(16-12-21)33(24-7-3-1-4-8-24)25-9-5-2-6-10-25/h1-20,32H. The third kappa shape index (κ3) is 3.54. The van der Waals surface area contributed by atoms with Crippen molar-refractivity contribution >= 4 is 38.9 Å². The minimum Gasteiger partial charge on any atom is -0.355 e. The summed E-state index contributed by atoms with van der Waals surface area (Å²) in [7, 11) is 0. The zero-order valence-electron chi connectivity index (χ0n) is 17.9. The van der Waals surface area contributed by atoms with Crippen LogP contribution in [0, 0.1) is 5.82 Å². The van der Waals surface area contributed by atoms with Crippen LogP contribution in [0.25, 0.3) is 32.9 Å². The lowest BCUT2D eigenvalue weighted by Gasteiger charge is -2.25. The van der Waals surface area contributed by atoms with Gasteiger partial charge in [-0.15, -0.1) is 0 Å². The zero-order valence-corrected chi connectivity index (χ0v) is 17.9. The molecule has 33 heavy (non-hydrogen) atoms. The summed E-state index contributed by atoms with van der Waals surface area (Å²) in [6, 6.07) is 40.5. The predicted octanol–water partition coefficient (Wildman–Crippen LogP) is 8.60. The molecule has 0 saturated heterocycles. The molecule has 0 atom stereocenters. The molecule has 158 valence electrons. The quantitative estimate of drug-likeness (QED) is 0.298. The predicted molar refractivity (Wildman–Crippen MR) is 136 cm³/mol. The van der Waals surface area contributed by atoms with Crippen LogP contribution in [-0.2, 0) is 0 Å². The second-order valence-electron chi connectivity index (χ2n) is 8.13. The van der Waals surface area contributed by atoms with E-state index in [4.69, 9.17) is 0 Å². The number of benzene rings is 5. The number of hydrogen-bond donors (Lipinski definition) is 1. The molecule has 2 nitrogen and oxygen atoms in total. The van der Waals surface area contributed by atoms with Gasteiger partial charge in [-0.25, -0.2) is 4.39 Å². The van der Waals surface area contributed by atoms with Gasteiger partial charge in [0.1, 0.15) is 5.82 Å². The first-order valence-corrected chi connectivity index (χ1v) is 11.0. The van der Waals surface area contributed by atoms with Gasteiger partial charge in [0.25, 0.3) is 0 Å². The second-order valence-corrected chi connectivity index (χ2v) is 8.13. The Morgan fingerprint density at radius 3 is 1.64 bits per heavy atom. The van der Waals surface area contributed by atoms with Crippen molar-refractivity contribution in [1.82, 2.24) is 4.98 Å². The van der Waals surface area contributed by atoms with Gasteiger partial charge in [0, 0.05) is 38.9 Å². The SMILES string of the molecule is Fc1ccc2[nH]c3ccc(-c4ccc(N(c5ccccc5)c5ccccc5)cc4)cc3c2c1. The molecule has 0 aliphatic rings. The molecular formula is C30H21FN2. The van der Waals surface area contributed by atoms with E-state index in [0.29, 0.717) is 0 Å². The number of fused-ring (bicyclic) bond motifs is 3. The average molecular weight is 429 g/mol. The Morgan fingerprint density at radius 1 is 0.485 bits per heavy atom. The smallest absolute Gasteiger partial charge is 0.123 e. The van der Waals surface area contributed by atoms with Gasteiger partial charge >= 0.3 is 0 Å². The largest absolute Gasteiger partial charge is 0.355 e. The molecule has 0 aliphatic carbocycles. The highest BCUT2D eigenvalue weighted by Crippen LogP contribution is 2.36. The molecule has 1 heterocycles. The summed E-state index contributed by atoms with van der Waals surface area (Å²) in [5.74, 6) is -0.222. The van der Waals surface area contributed by atoms with Crippen molar-refractivity contribution in [3.8, 4) is 11.1 Å². The molecule has 0 radical (unpaired) electrons. The molecule has 0 saturated carbocycles. The van der Waals surface area contributed by atoms with E-state index in [1.807, 2.05) is 12.1 Å². The molecule has 0 aliphatic heterocycles. The molecule has 0 bridgehead atoms. The van der Waals surface area contributed by atoms with Crippen molar-refractivity contribution in [1.29, 1.82) is 0 Å². The molecule has 3 heteroatoms. The summed E-state index contributed by atoms with van der Waals surface area (Å²) >= 11 is 0. The van der Waals surface area contributed by atoms with Crippen LogP contribution < -0.4 is 4.90 Å². The highest BCUT2D eigenvalue weighted by molar-refractivity contribution is 6.08. The van der Waals surface area contributed by atoms with Crippen molar-refractivity contribution in [2.24, 2.45) is 0 Å². The molecule has 0 spiro atoms. The Kier molecular flexibility index (Phi) is 4.66. The van der Waals surface area contributed by atoms with Gasteiger partial charge in [0.2, 0.25) is 0 Å². The Morgan fingerprint density at radius 2 is 1.00 bits per heavy atom. The van der Waals surface area contributed by atoms with Crippen LogP contribution in [0.2, 0.25) is 0 Å². The van der Waals surface area contributed by atoms with E-state index in [2.05, 4.69) is 101 Å². The summed E-state index contributed by atoms with van der Waals surface area (Å²) in [5, 5.41) is 1.93. The number of nitrogens with one attached hydrogen (secondary N) is 1. The van der Waals surface area contributed by atoms with Crippen LogP contribution in [0.15, 0.2) is 121 Å². The molecule has 0 fully saturated rings. The minimum absolute atomic E-state index is 0.222. The first-order valence-electron chi connectivity index (χ1n) is 11.0. The van der Waals surface area contributed by atoms with E-state index in [1.54, 1.807) is 12.1 Å². The van der Waals surface area contributed by atoms with E-state index in [0.717, 1.165) is 50.0 Å². The number of H-pyrrole nitrogens is 1. The van der Waals surface area contributed by atoms with Crippen LogP contribution in [-0.4, -0.2) is 4.98 Å². The molecule has 6 rings (SSSR count). The number of halogens is 1. The third-order valence-corrected chi connectivity index (χ3v) is 6.05. The van der Waals surface area contributed by atoms with Crippen LogP contribution in [0.4, 0.5) is 21.5 Å². The van der Waals surface area contributed by atoms with E-state index >= 15 is 0 Å². The van der Waals surface area contributed by atoms with Gasteiger partial charge in [-0.1, -0.05) is 54.6 Å². The third-order valence-electron chi connectivity index (χ3n) is 6.05. The van der Waals surface area contributed by atoms with Crippen LogP contribution >= 0.6 is 0 Å². The Balaban J connectivity index is 1.41. The maximum atomic E-state index is 13.8. The topological polar surface area (TPSA) is 19.0 Å². The van der Waals surface area contributed by atoms with Gasteiger partial charge in [-0.2, -0.15) is 0 Å². The number of hydrogen-bond acceptors (Lipinski definition) is 1. The molecule has 0 unspecified atom stereocenters. The lowest BCUT2D eigenvalue weighted by atomic mass is 10.0. The van der Waals surface area contributed by atoms with Crippen LogP contribution in [0.3, 0.4) is 0 Å². The number of nitrogens with zero attached hydrogens (tertiary/aromatic N) is 1. The number of rotatable bonds is 4. The van der Waals surface area contributed by atoms with Gasteiger partial charge < -0.3 is 9.88 Å². The van der Waals surface area contributed by atoms with Crippen molar-refractivity contribution < 1.29 is 4.39 Å². The first-order chi connectivity index (χ1) is 16.3. The fourth-order valence-electron chi connectivity index (χ4n) is 4.45. The van der Waals surface area contributed by atoms with Crippen molar-refractivity contribution in [2.75, 3.05) is 4.90 Å².